The molecule has 1 fully saturated rings. The standard InChI is InChI=1S/C15H26N4O/c1-4-14-13(11-18(3)17-14)15(20)19-9-6-12(7-10-19)5-8-16-2/h11-12,16H,4-10H2,1-3H3. The first kappa shape index (κ1) is 15.0. The van der Waals surface area contributed by atoms with Crippen molar-refractivity contribution < 1.29 is 4.79 Å². The van der Waals surface area contributed by atoms with Crippen LogP contribution in [0.3, 0.4) is 0 Å². The number of aromatic nitrogens is 2. The van der Waals surface area contributed by atoms with Gasteiger partial charge in [-0.1, -0.05) is 6.92 Å². The van der Waals surface area contributed by atoms with E-state index in [0.29, 0.717) is 0 Å². The third-order valence-corrected chi connectivity index (χ3v) is 4.17. The van der Waals surface area contributed by atoms with Crippen molar-refractivity contribution in [2.75, 3.05) is 26.7 Å². The Labute approximate surface area is 121 Å². The van der Waals surface area contributed by atoms with Gasteiger partial charge in [0.1, 0.15) is 0 Å². The summed E-state index contributed by atoms with van der Waals surface area (Å²) >= 11 is 0. The number of piperidine rings is 1. The van der Waals surface area contributed by atoms with Gasteiger partial charge in [-0.15, -0.1) is 0 Å². The van der Waals surface area contributed by atoms with E-state index < -0.39 is 0 Å². The Hall–Kier alpha value is -1.36. The fourth-order valence-electron chi connectivity index (χ4n) is 2.92. The second-order valence-corrected chi connectivity index (χ2v) is 5.64. The van der Waals surface area contributed by atoms with Gasteiger partial charge in [0.15, 0.2) is 0 Å². The van der Waals surface area contributed by atoms with Crippen molar-refractivity contribution >= 4 is 5.91 Å². The van der Waals surface area contributed by atoms with E-state index in [0.717, 1.165) is 56.1 Å². The van der Waals surface area contributed by atoms with Crippen LogP contribution in [0, 0.1) is 5.92 Å². The summed E-state index contributed by atoms with van der Waals surface area (Å²) in [5.74, 6) is 0.910. The van der Waals surface area contributed by atoms with Gasteiger partial charge < -0.3 is 10.2 Å². The zero-order valence-corrected chi connectivity index (χ0v) is 12.9. The lowest BCUT2D eigenvalue weighted by Crippen LogP contribution is -2.39. The van der Waals surface area contributed by atoms with E-state index in [1.807, 2.05) is 32.1 Å². The fourth-order valence-corrected chi connectivity index (χ4v) is 2.92. The Bertz CT molecular complexity index is 447. The maximum absolute atomic E-state index is 12.6. The minimum absolute atomic E-state index is 0.155. The van der Waals surface area contributed by atoms with Crippen molar-refractivity contribution in [1.29, 1.82) is 0 Å². The van der Waals surface area contributed by atoms with Crippen molar-refractivity contribution in [3.8, 4) is 0 Å². The Kier molecular flexibility index (Phi) is 5.17. The third-order valence-electron chi connectivity index (χ3n) is 4.17. The summed E-state index contributed by atoms with van der Waals surface area (Å²) in [5, 5.41) is 7.56. The number of carbonyl (C=O) groups is 1. The molecule has 0 radical (unpaired) electrons. The first-order valence-corrected chi connectivity index (χ1v) is 7.62. The lowest BCUT2D eigenvalue weighted by molar-refractivity contribution is 0.0686. The molecule has 20 heavy (non-hydrogen) atoms. The van der Waals surface area contributed by atoms with Gasteiger partial charge in [0, 0.05) is 26.3 Å². The molecule has 5 nitrogen and oxygen atoms in total. The van der Waals surface area contributed by atoms with Crippen LogP contribution < -0.4 is 5.32 Å². The molecule has 0 atom stereocenters. The first-order chi connectivity index (χ1) is 9.65. The molecule has 0 spiro atoms. The summed E-state index contributed by atoms with van der Waals surface area (Å²) in [5.41, 5.74) is 1.69. The number of hydrogen-bond donors (Lipinski definition) is 1. The molecule has 0 aliphatic carbocycles. The predicted molar refractivity (Wildman–Crippen MR) is 79.8 cm³/mol. The van der Waals surface area contributed by atoms with Crippen LogP contribution in [0.4, 0.5) is 0 Å². The lowest BCUT2D eigenvalue weighted by atomic mass is 9.93. The molecule has 1 aliphatic heterocycles. The van der Waals surface area contributed by atoms with E-state index in [-0.39, 0.29) is 5.91 Å². The first-order valence-electron chi connectivity index (χ1n) is 7.62. The summed E-state index contributed by atoms with van der Waals surface area (Å²) in [6.45, 7) is 4.88. The summed E-state index contributed by atoms with van der Waals surface area (Å²) in [6, 6.07) is 0. The van der Waals surface area contributed by atoms with Gasteiger partial charge in [0.25, 0.3) is 5.91 Å². The van der Waals surface area contributed by atoms with Crippen molar-refractivity contribution in [3.05, 3.63) is 17.5 Å². The topological polar surface area (TPSA) is 50.2 Å². The van der Waals surface area contributed by atoms with E-state index >= 15 is 0 Å². The van der Waals surface area contributed by atoms with Crippen LogP contribution in [0.1, 0.15) is 42.2 Å². The van der Waals surface area contributed by atoms with Crippen LogP contribution in [0.2, 0.25) is 0 Å². The van der Waals surface area contributed by atoms with Gasteiger partial charge in [-0.3, -0.25) is 9.48 Å². The summed E-state index contributed by atoms with van der Waals surface area (Å²) < 4.78 is 1.74. The normalized spacial score (nSPS) is 16.6. The highest BCUT2D eigenvalue weighted by Gasteiger charge is 2.25. The summed E-state index contributed by atoms with van der Waals surface area (Å²) in [6.07, 6.45) is 6.12. The molecule has 112 valence electrons. The fraction of sp³-hybridized carbons (Fsp3) is 0.733. The molecule has 1 aromatic heterocycles. The molecule has 2 rings (SSSR count). The minimum Gasteiger partial charge on any atom is -0.339 e. The monoisotopic (exact) mass is 278 g/mol. The lowest BCUT2D eigenvalue weighted by Gasteiger charge is -2.32. The zero-order valence-electron chi connectivity index (χ0n) is 12.9. The molecular weight excluding hydrogens is 252 g/mol. The molecule has 2 heterocycles. The average Bonchev–Trinajstić information content (AvgIpc) is 2.86. The van der Waals surface area contributed by atoms with Gasteiger partial charge in [0.05, 0.1) is 11.3 Å². The quantitative estimate of drug-likeness (QED) is 0.887. The Balaban J connectivity index is 1.94. The van der Waals surface area contributed by atoms with Crippen LogP contribution >= 0.6 is 0 Å². The second kappa shape index (κ2) is 6.88. The third kappa shape index (κ3) is 3.39. The van der Waals surface area contributed by atoms with E-state index in [9.17, 15) is 4.79 Å². The number of nitrogens with one attached hydrogen (secondary N) is 1. The number of hydrogen-bond acceptors (Lipinski definition) is 3. The van der Waals surface area contributed by atoms with Gasteiger partial charge in [-0.25, -0.2) is 0 Å². The van der Waals surface area contributed by atoms with Crippen LogP contribution in [0.15, 0.2) is 6.20 Å². The minimum atomic E-state index is 0.155. The number of aryl methyl sites for hydroxylation is 2. The average molecular weight is 278 g/mol. The van der Waals surface area contributed by atoms with Crippen molar-refractivity contribution in [1.82, 2.24) is 20.0 Å². The Morgan fingerprint density at radius 1 is 1.45 bits per heavy atom. The number of likely N-dealkylation sites (tertiary alicyclic amines) is 1. The molecule has 0 bridgehead atoms. The molecule has 1 aliphatic rings. The van der Waals surface area contributed by atoms with E-state index in [1.54, 1.807) is 4.68 Å². The molecule has 0 aromatic carbocycles. The molecule has 5 heteroatoms. The van der Waals surface area contributed by atoms with Crippen LogP contribution in [0.5, 0.6) is 0 Å². The maximum Gasteiger partial charge on any atom is 0.257 e. The van der Waals surface area contributed by atoms with E-state index in [1.165, 1.54) is 6.42 Å². The SMILES string of the molecule is CCc1nn(C)cc1C(=O)N1CCC(CCNC)CC1. The van der Waals surface area contributed by atoms with Crippen LogP contribution in [0.25, 0.3) is 0 Å². The highest BCUT2D eigenvalue weighted by Crippen LogP contribution is 2.22. The molecule has 1 N–H and O–H groups in total. The molecule has 1 aromatic rings. The summed E-state index contributed by atoms with van der Waals surface area (Å²) in [4.78, 5) is 14.6. The molecule has 1 saturated heterocycles. The smallest absolute Gasteiger partial charge is 0.257 e. The number of carbonyl (C=O) groups excluding carboxylic acids is 1. The largest absolute Gasteiger partial charge is 0.339 e. The highest BCUT2D eigenvalue weighted by molar-refractivity contribution is 5.95. The molecule has 0 unspecified atom stereocenters. The zero-order chi connectivity index (χ0) is 14.5. The number of amides is 1. The van der Waals surface area contributed by atoms with Crippen molar-refractivity contribution in [3.63, 3.8) is 0 Å². The molecule has 0 saturated carbocycles. The second-order valence-electron chi connectivity index (χ2n) is 5.64. The summed E-state index contributed by atoms with van der Waals surface area (Å²) in [7, 11) is 3.87. The Morgan fingerprint density at radius 2 is 2.15 bits per heavy atom. The van der Waals surface area contributed by atoms with Gasteiger partial charge in [-0.2, -0.15) is 5.10 Å². The maximum atomic E-state index is 12.6. The van der Waals surface area contributed by atoms with Crippen LogP contribution in [-0.2, 0) is 13.5 Å². The Morgan fingerprint density at radius 3 is 2.75 bits per heavy atom. The predicted octanol–water partition coefficient (Wildman–Crippen LogP) is 1.44. The van der Waals surface area contributed by atoms with Gasteiger partial charge >= 0.3 is 0 Å². The molecule has 1 amide bonds. The molecular formula is C15H26N4O. The van der Waals surface area contributed by atoms with Crippen molar-refractivity contribution in [2.45, 2.75) is 32.6 Å². The number of rotatable bonds is 5. The number of nitrogens with zero attached hydrogens (tertiary/aromatic N) is 3. The van der Waals surface area contributed by atoms with E-state index in [4.69, 9.17) is 0 Å². The van der Waals surface area contributed by atoms with Crippen molar-refractivity contribution in [2.24, 2.45) is 13.0 Å². The van der Waals surface area contributed by atoms with Crippen LogP contribution in [-0.4, -0.2) is 47.3 Å². The van der Waals surface area contributed by atoms with Gasteiger partial charge in [-0.05, 0) is 45.2 Å². The van der Waals surface area contributed by atoms with E-state index in [2.05, 4.69) is 10.4 Å². The highest BCUT2D eigenvalue weighted by atomic mass is 16.2. The van der Waals surface area contributed by atoms with Gasteiger partial charge in [0.2, 0.25) is 0 Å².